The third kappa shape index (κ3) is 2.30. The molecule has 0 aliphatic heterocycles. The van der Waals surface area contributed by atoms with E-state index < -0.39 is 0 Å². The second-order valence-corrected chi connectivity index (χ2v) is 4.34. The van der Waals surface area contributed by atoms with Crippen LogP contribution >= 0.6 is 0 Å². The van der Waals surface area contributed by atoms with Gasteiger partial charge in [-0.25, -0.2) is 4.98 Å². The van der Waals surface area contributed by atoms with Crippen LogP contribution in [-0.4, -0.2) is 21.5 Å². The standard InChI is InChI=1S/C13H17N3O/c1-4-9(2)15-13(17)10-5-6-12-11(7-10)14-8-16(12)3/h5-9H,4H2,1-3H3,(H,15,17)/t9-/m1/s1. The van der Waals surface area contributed by atoms with Gasteiger partial charge in [0.2, 0.25) is 0 Å². The Morgan fingerprint density at radius 1 is 1.53 bits per heavy atom. The number of hydrogen-bond donors (Lipinski definition) is 1. The van der Waals surface area contributed by atoms with Gasteiger partial charge in [-0.2, -0.15) is 0 Å². The first kappa shape index (κ1) is 11.6. The molecule has 0 spiro atoms. The SMILES string of the molecule is CC[C@@H](C)NC(=O)c1ccc2c(c1)ncn2C. The summed E-state index contributed by atoms with van der Waals surface area (Å²) in [5.41, 5.74) is 2.55. The Morgan fingerprint density at radius 3 is 3.00 bits per heavy atom. The lowest BCUT2D eigenvalue weighted by molar-refractivity contribution is 0.0939. The van der Waals surface area contributed by atoms with Crippen LogP contribution in [0.15, 0.2) is 24.5 Å². The minimum atomic E-state index is -0.0353. The Bertz CT molecular complexity index is 545. The van der Waals surface area contributed by atoms with Crippen molar-refractivity contribution in [3.8, 4) is 0 Å². The minimum absolute atomic E-state index is 0.0353. The number of nitrogens with one attached hydrogen (secondary N) is 1. The third-order valence-corrected chi connectivity index (χ3v) is 2.98. The Hall–Kier alpha value is -1.84. The van der Waals surface area contributed by atoms with Gasteiger partial charge in [0, 0.05) is 18.7 Å². The lowest BCUT2D eigenvalue weighted by Crippen LogP contribution is -2.31. The molecule has 0 bridgehead atoms. The second kappa shape index (κ2) is 4.57. The lowest BCUT2D eigenvalue weighted by Gasteiger charge is -2.11. The van der Waals surface area contributed by atoms with Gasteiger partial charge in [-0.15, -0.1) is 0 Å². The number of carbonyl (C=O) groups excluding carboxylic acids is 1. The van der Waals surface area contributed by atoms with Crippen molar-refractivity contribution in [2.45, 2.75) is 26.3 Å². The molecule has 17 heavy (non-hydrogen) atoms. The summed E-state index contributed by atoms with van der Waals surface area (Å²) in [7, 11) is 1.94. The van der Waals surface area contributed by atoms with Gasteiger partial charge in [-0.3, -0.25) is 4.79 Å². The molecule has 1 amide bonds. The summed E-state index contributed by atoms with van der Waals surface area (Å²) in [5.74, 6) is -0.0353. The zero-order chi connectivity index (χ0) is 12.4. The average Bonchev–Trinajstić information content (AvgIpc) is 2.70. The molecule has 4 heteroatoms. The van der Waals surface area contributed by atoms with Crippen LogP contribution in [-0.2, 0) is 7.05 Å². The number of aryl methyl sites for hydroxylation is 1. The fourth-order valence-corrected chi connectivity index (χ4v) is 1.69. The average molecular weight is 231 g/mol. The Kier molecular flexibility index (Phi) is 3.13. The Balaban J connectivity index is 2.27. The summed E-state index contributed by atoms with van der Waals surface area (Å²) in [6.07, 6.45) is 2.68. The number of hydrogen-bond acceptors (Lipinski definition) is 2. The molecular formula is C13H17N3O. The van der Waals surface area contributed by atoms with Gasteiger partial charge >= 0.3 is 0 Å². The molecule has 90 valence electrons. The summed E-state index contributed by atoms with van der Waals surface area (Å²) in [5, 5.41) is 2.94. The minimum Gasteiger partial charge on any atom is -0.350 e. The molecule has 0 aliphatic rings. The van der Waals surface area contributed by atoms with Crippen LogP contribution in [0, 0.1) is 0 Å². The van der Waals surface area contributed by atoms with Crippen molar-refractivity contribution in [1.82, 2.24) is 14.9 Å². The summed E-state index contributed by atoms with van der Waals surface area (Å²) in [6.45, 7) is 4.05. The smallest absolute Gasteiger partial charge is 0.251 e. The number of carbonyl (C=O) groups is 1. The monoisotopic (exact) mass is 231 g/mol. The van der Waals surface area contributed by atoms with Gasteiger partial charge in [-0.05, 0) is 31.5 Å². The van der Waals surface area contributed by atoms with Crippen molar-refractivity contribution in [2.75, 3.05) is 0 Å². The quantitative estimate of drug-likeness (QED) is 0.879. The van der Waals surface area contributed by atoms with E-state index in [1.54, 1.807) is 6.33 Å². The maximum Gasteiger partial charge on any atom is 0.251 e. The molecule has 2 aromatic rings. The van der Waals surface area contributed by atoms with Crippen molar-refractivity contribution in [2.24, 2.45) is 7.05 Å². The molecule has 1 aromatic heterocycles. The largest absolute Gasteiger partial charge is 0.350 e. The number of nitrogens with zero attached hydrogens (tertiary/aromatic N) is 2. The molecule has 1 aromatic carbocycles. The first-order chi connectivity index (χ1) is 8.11. The molecule has 1 N–H and O–H groups in total. The van der Waals surface area contributed by atoms with Crippen LogP contribution < -0.4 is 5.32 Å². The van der Waals surface area contributed by atoms with Gasteiger partial charge in [0.25, 0.3) is 5.91 Å². The van der Waals surface area contributed by atoms with Gasteiger partial charge < -0.3 is 9.88 Å². The highest BCUT2D eigenvalue weighted by atomic mass is 16.1. The molecule has 0 aliphatic carbocycles. The molecule has 0 saturated heterocycles. The molecule has 0 fully saturated rings. The summed E-state index contributed by atoms with van der Waals surface area (Å²) in [4.78, 5) is 16.2. The maximum absolute atomic E-state index is 11.9. The predicted octanol–water partition coefficient (Wildman–Crippen LogP) is 2.10. The lowest BCUT2D eigenvalue weighted by atomic mass is 10.1. The van der Waals surface area contributed by atoms with Crippen LogP contribution in [0.2, 0.25) is 0 Å². The number of aromatic nitrogens is 2. The van der Waals surface area contributed by atoms with Crippen molar-refractivity contribution in [3.05, 3.63) is 30.1 Å². The highest BCUT2D eigenvalue weighted by Crippen LogP contribution is 2.13. The molecule has 0 unspecified atom stereocenters. The van der Waals surface area contributed by atoms with Crippen molar-refractivity contribution < 1.29 is 4.79 Å². The first-order valence-electron chi connectivity index (χ1n) is 5.83. The van der Waals surface area contributed by atoms with E-state index in [-0.39, 0.29) is 11.9 Å². The van der Waals surface area contributed by atoms with Crippen LogP contribution in [0.5, 0.6) is 0 Å². The van der Waals surface area contributed by atoms with E-state index in [0.717, 1.165) is 17.5 Å². The van der Waals surface area contributed by atoms with E-state index in [0.29, 0.717) is 5.56 Å². The predicted molar refractivity (Wildman–Crippen MR) is 67.9 cm³/mol. The van der Waals surface area contributed by atoms with Crippen LogP contribution in [0.3, 0.4) is 0 Å². The molecule has 4 nitrogen and oxygen atoms in total. The molecule has 0 radical (unpaired) electrons. The van der Waals surface area contributed by atoms with Crippen molar-refractivity contribution in [3.63, 3.8) is 0 Å². The molecule has 1 heterocycles. The summed E-state index contributed by atoms with van der Waals surface area (Å²) < 4.78 is 1.94. The molecule has 1 atom stereocenters. The third-order valence-electron chi connectivity index (χ3n) is 2.98. The van der Waals surface area contributed by atoms with Gasteiger partial charge in [-0.1, -0.05) is 6.92 Å². The number of fused-ring (bicyclic) bond motifs is 1. The normalized spacial score (nSPS) is 12.6. The number of rotatable bonds is 3. The topological polar surface area (TPSA) is 46.9 Å². The molecular weight excluding hydrogens is 214 g/mol. The zero-order valence-corrected chi connectivity index (χ0v) is 10.4. The maximum atomic E-state index is 11.9. The highest BCUT2D eigenvalue weighted by Gasteiger charge is 2.10. The van der Waals surface area contributed by atoms with Gasteiger partial charge in [0.15, 0.2) is 0 Å². The van der Waals surface area contributed by atoms with Crippen LogP contribution in [0.1, 0.15) is 30.6 Å². The fraction of sp³-hybridized carbons (Fsp3) is 0.385. The second-order valence-electron chi connectivity index (χ2n) is 4.34. The van der Waals surface area contributed by atoms with E-state index in [2.05, 4.69) is 10.3 Å². The highest BCUT2D eigenvalue weighted by molar-refractivity contribution is 5.97. The summed E-state index contributed by atoms with van der Waals surface area (Å²) in [6, 6.07) is 5.78. The van der Waals surface area contributed by atoms with E-state index >= 15 is 0 Å². The fourth-order valence-electron chi connectivity index (χ4n) is 1.69. The summed E-state index contributed by atoms with van der Waals surface area (Å²) >= 11 is 0. The Morgan fingerprint density at radius 2 is 2.29 bits per heavy atom. The molecule has 0 saturated carbocycles. The number of benzene rings is 1. The first-order valence-corrected chi connectivity index (χ1v) is 5.83. The van der Waals surface area contributed by atoms with Gasteiger partial charge in [0.1, 0.15) is 0 Å². The molecule has 2 rings (SSSR count). The number of amides is 1. The van der Waals surface area contributed by atoms with Crippen molar-refractivity contribution >= 4 is 16.9 Å². The number of imidazole rings is 1. The Labute approximate surface area is 101 Å². The van der Waals surface area contributed by atoms with Gasteiger partial charge in [0.05, 0.1) is 17.4 Å². The van der Waals surface area contributed by atoms with E-state index in [1.807, 2.05) is 43.7 Å². The van der Waals surface area contributed by atoms with E-state index in [1.165, 1.54) is 0 Å². The van der Waals surface area contributed by atoms with Crippen LogP contribution in [0.4, 0.5) is 0 Å². The van der Waals surface area contributed by atoms with Crippen molar-refractivity contribution in [1.29, 1.82) is 0 Å². The van der Waals surface area contributed by atoms with E-state index in [9.17, 15) is 4.79 Å². The van der Waals surface area contributed by atoms with E-state index in [4.69, 9.17) is 0 Å². The zero-order valence-electron chi connectivity index (χ0n) is 10.4. The van der Waals surface area contributed by atoms with Crippen LogP contribution in [0.25, 0.3) is 11.0 Å².